The van der Waals surface area contributed by atoms with Gasteiger partial charge in [0.05, 0.1) is 6.54 Å². The number of carbonyl (C=O) groups excluding carboxylic acids is 1. The van der Waals surface area contributed by atoms with E-state index in [2.05, 4.69) is 5.43 Å². The number of rotatable bonds is 5. The summed E-state index contributed by atoms with van der Waals surface area (Å²) in [4.78, 5) is 13.5. The molecular formula is C13H26ClFN3O3S+. The van der Waals surface area contributed by atoms with Gasteiger partial charge in [0.15, 0.2) is 0 Å². The van der Waals surface area contributed by atoms with E-state index in [0.29, 0.717) is 26.1 Å². The molecule has 1 N–H and O–H groups in total. The van der Waals surface area contributed by atoms with Crippen molar-refractivity contribution in [3.05, 3.63) is 0 Å². The highest BCUT2D eigenvalue weighted by atomic mass is 35.5. The van der Waals surface area contributed by atoms with Crippen LogP contribution in [-0.2, 0) is 14.8 Å². The highest BCUT2D eigenvalue weighted by molar-refractivity contribution is 7.86. The molecule has 0 aromatic rings. The van der Waals surface area contributed by atoms with Gasteiger partial charge in [-0.15, -0.1) is 21.8 Å². The second-order valence-corrected chi connectivity index (χ2v) is 8.84. The monoisotopic (exact) mass is 358 g/mol. The summed E-state index contributed by atoms with van der Waals surface area (Å²) in [5.74, 6) is -0.224. The zero-order chi connectivity index (χ0) is 15.7. The first-order valence-electron chi connectivity index (χ1n) is 7.56. The number of alkyl halides is 1. The Kier molecular flexibility index (Phi) is 6.61. The average Bonchev–Trinajstić information content (AvgIpc) is 3.05. The van der Waals surface area contributed by atoms with E-state index in [-0.39, 0.29) is 35.4 Å². The lowest BCUT2D eigenvalue weighted by Crippen LogP contribution is -2.63. The molecule has 0 aromatic heterocycles. The van der Waals surface area contributed by atoms with Crippen LogP contribution < -0.4 is 5.43 Å². The molecule has 2 heterocycles. The van der Waals surface area contributed by atoms with Crippen molar-refractivity contribution in [2.24, 2.45) is 0 Å². The first-order valence-corrected chi connectivity index (χ1v) is 9.07. The Morgan fingerprint density at radius 2 is 1.95 bits per heavy atom. The summed E-state index contributed by atoms with van der Waals surface area (Å²) in [6.45, 7) is 4.77. The van der Waals surface area contributed by atoms with Crippen LogP contribution in [0.25, 0.3) is 0 Å². The molecule has 22 heavy (non-hydrogen) atoms. The Hall–Kier alpha value is -0.440. The smallest absolute Gasteiger partial charge is 0.317 e. The number of hydrogen-bond donors (Lipinski definition) is 1. The zero-order valence-corrected chi connectivity index (χ0v) is 14.8. The van der Waals surface area contributed by atoms with Gasteiger partial charge in [-0.1, -0.05) is 0 Å². The van der Waals surface area contributed by atoms with Crippen molar-refractivity contribution in [2.45, 2.75) is 44.5 Å². The van der Waals surface area contributed by atoms with Crippen molar-refractivity contribution in [1.82, 2.24) is 10.3 Å². The van der Waals surface area contributed by atoms with Gasteiger partial charge in [0.25, 0.3) is 0 Å². The molecule has 0 spiro atoms. The highest BCUT2D eigenvalue weighted by Gasteiger charge is 2.47. The molecule has 2 fully saturated rings. The molecule has 2 aliphatic rings. The maximum Gasteiger partial charge on any atom is 0.317 e. The summed E-state index contributed by atoms with van der Waals surface area (Å²) in [6, 6.07) is 0. The Labute approximate surface area is 138 Å². The largest absolute Gasteiger partial charge is 0.338 e. The Bertz CT molecular complexity index is 495. The predicted octanol–water partition coefficient (Wildman–Crippen LogP) is 0.832. The number of sulfonamides is 1. The number of likely N-dealkylation sites (tertiary alicyclic amines) is 1. The number of halogens is 2. The van der Waals surface area contributed by atoms with Gasteiger partial charge in [0.1, 0.15) is 31.1 Å². The Morgan fingerprint density at radius 1 is 1.36 bits per heavy atom. The lowest BCUT2D eigenvalue weighted by molar-refractivity contribution is -0.839. The van der Waals surface area contributed by atoms with E-state index in [1.807, 2.05) is 0 Å². The van der Waals surface area contributed by atoms with E-state index in [1.165, 1.54) is 4.90 Å². The topological polar surface area (TPSA) is 66.5 Å². The van der Waals surface area contributed by atoms with Gasteiger partial charge in [0.2, 0.25) is 5.91 Å². The van der Waals surface area contributed by atoms with Crippen LogP contribution in [0.3, 0.4) is 0 Å². The second-order valence-electron chi connectivity index (χ2n) is 6.17. The van der Waals surface area contributed by atoms with E-state index < -0.39 is 21.4 Å². The van der Waals surface area contributed by atoms with Crippen LogP contribution in [0, 0.1) is 0 Å². The van der Waals surface area contributed by atoms with Crippen LogP contribution in [-0.4, -0.2) is 67.4 Å². The van der Waals surface area contributed by atoms with Gasteiger partial charge in [0, 0.05) is 19.4 Å². The number of hydrogen-bond acceptors (Lipinski definition) is 4. The fourth-order valence-electron chi connectivity index (χ4n) is 3.02. The summed E-state index contributed by atoms with van der Waals surface area (Å²) in [7, 11) is -3.39. The summed E-state index contributed by atoms with van der Waals surface area (Å²) >= 11 is 0. The molecule has 2 aliphatic heterocycles. The molecule has 1 amide bonds. The minimum absolute atomic E-state index is 0. The average molecular weight is 359 g/mol. The summed E-state index contributed by atoms with van der Waals surface area (Å²) in [5, 5.41) is -0.500. The summed E-state index contributed by atoms with van der Waals surface area (Å²) < 4.78 is 38.0. The van der Waals surface area contributed by atoms with Crippen LogP contribution in [0.4, 0.5) is 4.39 Å². The Morgan fingerprint density at radius 3 is 2.41 bits per heavy atom. The predicted molar refractivity (Wildman–Crippen MR) is 84.6 cm³/mol. The number of nitrogens with one attached hydrogen (secondary N) is 1. The van der Waals surface area contributed by atoms with Gasteiger partial charge in [-0.05, 0) is 20.3 Å². The standard InChI is InChI=1S/C13H25FN3O3S.ClH/c1-11(2)21(19,20)17(7-3-4-8-17)15-9-13(18)16-6-5-12(14)10-16;/h11-12,15H,3-10H2,1-2H3;1H/q+1;. The fourth-order valence-corrected chi connectivity index (χ4v) is 4.84. The molecule has 2 saturated heterocycles. The van der Waals surface area contributed by atoms with Crippen LogP contribution >= 0.6 is 12.4 Å². The molecule has 0 saturated carbocycles. The minimum Gasteiger partial charge on any atom is -0.338 e. The van der Waals surface area contributed by atoms with Crippen molar-refractivity contribution >= 4 is 28.3 Å². The zero-order valence-electron chi connectivity index (χ0n) is 13.1. The van der Waals surface area contributed by atoms with Crippen LogP contribution in [0.15, 0.2) is 0 Å². The first kappa shape index (κ1) is 19.6. The van der Waals surface area contributed by atoms with E-state index >= 15 is 0 Å². The lowest BCUT2D eigenvalue weighted by atomic mass is 10.3. The number of amides is 1. The third-order valence-electron chi connectivity index (χ3n) is 4.37. The van der Waals surface area contributed by atoms with Gasteiger partial charge in [-0.3, -0.25) is 4.79 Å². The van der Waals surface area contributed by atoms with E-state index in [0.717, 1.165) is 12.8 Å². The molecule has 0 aliphatic carbocycles. The van der Waals surface area contributed by atoms with Crippen molar-refractivity contribution < 1.29 is 21.6 Å². The molecule has 1 unspecified atom stereocenters. The van der Waals surface area contributed by atoms with Crippen LogP contribution in [0.2, 0.25) is 0 Å². The summed E-state index contributed by atoms with van der Waals surface area (Å²) in [6.07, 6.45) is 1.06. The Balaban J connectivity index is 0.00000242. The molecule has 0 radical (unpaired) electrons. The summed E-state index contributed by atoms with van der Waals surface area (Å²) in [5.41, 5.74) is 2.94. The normalized spacial score (nSPS) is 24.5. The van der Waals surface area contributed by atoms with Gasteiger partial charge < -0.3 is 4.90 Å². The third-order valence-corrected chi connectivity index (χ3v) is 7.03. The molecule has 130 valence electrons. The third kappa shape index (κ3) is 3.72. The highest BCUT2D eigenvalue weighted by Crippen LogP contribution is 2.25. The number of quaternary nitrogens is 1. The van der Waals surface area contributed by atoms with Gasteiger partial charge in [-0.25, -0.2) is 4.39 Å². The molecule has 0 aromatic carbocycles. The van der Waals surface area contributed by atoms with E-state index in [1.54, 1.807) is 13.8 Å². The quantitative estimate of drug-likeness (QED) is 0.739. The van der Waals surface area contributed by atoms with E-state index in [4.69, 9.17) is 0 Å². The maximum absolute atomic E-state index is 13.1. The van der Waals surface area contributed by atoms with Crippen molar-refractivity contribution in [2.75, 3.05) is 32.7 Å². The van der Waals surface area contributed by atoms with Crippen molar-refractivity contribution in [1.29, 1.82) is 0 Å². The van der Waals surface area contributed by atoms with Crippen LogP contribution in [0.5, 0.6) is 0 Å². The van der Waals surface area contributed by atoms with Gasteiger partial charge >= 0.3 is 10.0 Å². The molecule has 1 atom stereocenters. The molecular weight excluding hydrogens is 333 g/mol. The molecule has 6 nitrogen and oxygen atoms in total. The maximum atomic E-state index is 13.1. The SMILES string of the molecule is CC(C)S(=O)(=O)[N+]1(NCC(=O)N2CCC(F)C2)CCCC1.Cl. The van der Waals surface area contributed by atoms with E-state index in [9.17, 15) is 17.6 Å². The minimum atomic E-state index is -3.39. The second kappa shape index (κ2) is 7.42. The lowest BCUT2D eigenvalue weighted by Gasteiger charge is -2.33. The molecule has 0 bridgehead atoms. The number of carbonyl (C=O) groups is 1. The number of nitrogens with zero attached hydrogens (tertiary/aromatic N) is 2. The molecule has 2 rings (SSSR count). The fraction of sp³-hybridized carbons (Fsp3) is 0.923. The van der Waals surface area contributed by atoms with Crippen molar-refractivity contribution in [3.63, 3.8) is 0 Å². The van der Waals surface area contributed by atoms with Crippen LogP contribution in [0.1, 0.15) is 33.1 Å². The van der Waals surface area contributed by atoms with Gasteiger partial charge in [-0.2, -0.15) is 8.42 Å². The molecule has 9 heteroatoms. The van der Waals surface area contributed by atoms with Crippen molar-refractivity contribution in [3.8, 4) is 0 Å². The first-order chi connectivity index (χ1) is 9.78.